The lowest BCUT2D eigenvalue weighted by atomic mass is 10.2. The molecule has 0 spiro atoms. The Balaban J connectivity index is 2.80. The fourth-order valence-corrected chi connectivity index (χ4v) is 1.99. The number of thioether (sulfide) groups is 1. The van der Waals surface area contributed by atoms with Gasteiger partial charge >= 0.3 is 0 Å². The van der Waals surface area contributed by atoms with Gasteiger partial charge in [-0.25, -0.2) is 0 Å². The maximum Gasteiger partial charge on any atom is 0.0431 e. The van der Waals surface area contributed by atoms with Crippen LogP contribution in [-0.4, -0.2) is 23.2 Å². The lowest BCUT2D eigenvalue weighted by Crippen LogP contribution is -1.91. The van der Waals surface area contributed by atoms with E-state index in [-0.39, 0.29) is 0 Å². The van der Waals surface area contributed by atoms with Crippen molar-refractivity contribution in [2.45, 2.75) is 33.1 Å². The average Bonchev–Trinajstić information content (AvgIpc) is 1.96. The molecule has 0 aromatic rings. The summed E-state index contributed by atoms with van der Waals surface area (Å²) < 4.78 is 0. The number of unbranched alkanes of at least 4 members (excludes halogenated alkanes) is 1. The summed E-state index contributed by atoms with van der Waals surface area (Å²) in [5, 5.41) is 8.50. The monoisotopic (exact) mass is 176 g/mol. The van der Waals surface area contributed by atoms with Gasteiger partial charge in [0, 0.05) is 6.61 Å². The molecule has 0 heterocycles. The molecule has 0 aliphatic carbocycles. The van der Waals surface area contributed by atoms with Crippen molar-refractivity contribution in [3.63, 3.8) is 0 Å². The predicted octanol–water partition coefficient (Wildman–Crippen LogP) is 2.54. The summed E-state index contributed by atoms with van der Waals surface area (Å²) in [5.74, 6) is 3.33. The van der Waals surface area contributed by atoms with Gasteiger partial charge in [0.2, 0.25) is 0 Å². The lowest BCUT2D eigenvalue weighted by Gasteiger charge is -2.03. The van der Waals surface area contributed by atoms with Gasteiger partial charge < -0.3 is 5.11 Å². The summed E-state index contributed by atoms with van der Waals surface area (Å²) in [6, 6.07) is 0. The highest BCUT2D eigenvalue weighted by Crippen LogP contribution is 2.10. The first-order valence-corrected chi connectivity index (χ1v) is 5.61. The van der Waals surface area contributed by atoms with Gasteiger partial charge in [-0.15, -0.1) is 0 Å². The summed E-state index contributed by atoms with van der Waals surface area (Å²) in [6.45, 7) is 4.87. The number of hydrogen-bond donors (Lipinski definition) is 1. The minimum absolute atomic E-state index is 0.352. The molecule has 11 heavy (non-hydrogen) atoms. The third-order valence-corrected chi connectivity index (χ3v) is 2.64. The Hall–Kier alpha value is 0.310. The first-order chi connectivity index (χ1) is 5.27. The molecule has 0 aliphatic rings. The van der Waals surface area contributed by atoms with Gasteiger partial charge in [0.15, 0.2) is 0 Å². The Bertz CT molecular complexity index is 74.0. The molecule has 0 unspecified atom stereocenters. The van der Waals surface area contributed by atoms with E-state index in [1.54, 1.807) is 0 Å². The minimum atomic E-state index is 0.352. The summed E-state index contributed by atoms with van der Waals surface area (Å²) in [7, 11) is 0. The summed E-state index contributed by atoms with van der Waals surface area (Å²) >= 11 is 2.01. The van der Waals surface area contributed by atoms with Crippen LogP contribution in [-0.2, 0) is 0 Å². The van der Waals surface area contributed by atoms with Gasteiger partial charge in [0.25, 0.3) is 0 Å². The van der Waals surface area contributed by atoms with Gasteiger partial charge in [-0.1, -0.05) is 13.8 Å². The molecular weight excluding hydrogens is 156 g/mol. The molecule has 68 valence electrons. The zero-order valence-electron chi connectivity index (χ0n) is 7.68. The van der Waals surface area contributed by atoms with E-state index in [9.17, 15) is 0 Å². The van der Waals surface area contributed by atoms with Gasteiger partial charge in [-0.05, 0) is 36.7 Å². The molecule has 0 fully saturated rings. The van der Waals surface area contributed by atoms with Crippen molar-refractivity contribution in [1.29, 1.82) is 0 Å². The highest BCUT2D eigenvalue weighted by molar-refractivity contribution is 7.99. The first-order valence-electron chi connectivity index (χ1n) is 4.46. The molecule has 1 N–H and O–H groups in total. The minimum Gasteiger partial charge on any atom is -0.396 e. The van der Waals surface area contributed by atoms with E-state index in [0.29, 0.717) is 6.61 Å². The molecule has 0 radical (unpaired) electrons. The summed E-state index contributed by atoms with van der Waals surface area (Å²) in [4.78, 5) is 0. The van der Waals surface area contributed by atoms with E-state index in [2.05, 4.69) is 13.8 Å². The van der Waals surface area contributed by atoms with Crippen molar-refractivity contribution >= 4 is 11.8 Å². The highest BCUT2D eigenvalue weighted by atomic mass is 32.2. The predicted molar refractivity (Wildman–Crippen MR) is 53.1 cm³/mol. The second kappa shape index (κ2) is 8.41. The molecule has 0 amide bonds. The Morgan fingerprint density at radius 1 is 1.18 bits per heavy atom. The van der Waals surface area contributed by atoms with Crippen LogP contribution < -0.4 is 0 Å². The van der Waals surface area contributed by atoms with Crippen molar-refractivity contribution in [2.75, 3.05) is 18.1 Å². The van der Waals surface area contributed by atoms with E-state index < -0.39 is 0 Å². The van der Waals surface area contributed by atoms with Crippen molar-refractivity contribution in [3.8, 4) is 0 Å². The molecular formula is C9H20OS. The number of aliphatic hydroxyl groups is 1. The van der Waals surface area contributed by atoms with Crippen molar-refractivity contribution in [1.82, 2.24) is 0 Å². The largest absolute Gasteiger partial charge is 0.396 e. The normalized spacial score (nSPS) is 10.9. The fraction of sp³-hybridized carbons (Fsp3) is 1.00. The Morgan fingerprint density at radius 3 is 2.45 bits per heavy atom. The van der Waals surface area contributed by atoms with Crippen molar-refractivity contribution < 1.29 is 5.11 Å². The van der Waals surface area contributed by atoms with Crippen molar-refractivity contribution in [3.05, 3.63) is 0 Å². The molecule has 0 aromatic carbocycles. The maximum absolute atomic E-state index is 8.50. The number of rotatable bonds is 7. The van der Waals surface area contributed by atoms with Crippen molar-refractivity contribution in [2.24, 2.45) is 5.92 Å². The van der Waals surface area contributed by atoms with Crippen LogP contribution in [0.25, 0.3) is 0 Å². The SMILES string of the molecule is CC(C)CCSCCCCO. The van der Waals surface area contributed by atoms with Crippen LogP contribution in [0.5, 0.6) is 0 Å². The highest BCUT2D eigenvalue weighted by Gasteiger charge is 1.93. The van der Waals surface area contributed by atoms with Crippen LogP contribution in [0.2, 0.25) is 0 Å². The smallest absolute Gasteiger partial charge is 0.0431 e. The van der Waals surface area contributed by atoms with Crippen LogP contribution in [0.4, 0.5) is 0 Å². The van der Waals surface area contributed by atoms with E-state index in [1.165, 1.54) is 24.3 Å². The zero-order chi connectivity index (χ0) is 8.53. The average molecular weight is 176 g/mol. The third-order valence-electron chi connectivity index (χ3n) is 1.54. The second-order valence-electron chi connectivity index (χ2n) is 3.23. The Labute approximate surface area is 74.6 Å². The molecule has 0 aromatic heterocycles. The second-order valence-corrected chi connectivity index (χ2v) is 4.45. The summed E-state index contributed by atoms with van der Waals surface area (Å²) in [5.41, 5.74) is 0. The first kappa shape index (κ1) is 11.3. The molecule has 0 atom stereocenters. The van der Waals surface area contributed by atoms with Crippen LogP contribution in [0.15, 0.2) is 0 Å². The van der Waals surface area contributed by atoms with Gasteiger partial charge in [0.1, 0.15) is 0 Å². The van der Waals surface area contributed by atoms with Crippen LogP contribution >= 0.6 is 11.8 Å². The van der Waals surface area contributed by atoms with Gasteiger partial charge in [-0.3, -0.25) is 0 Å². The molecule has 0 bridgehead atoms. The van der Waals surface area contributed by atoms with Gasteiger partial charge in [-0.2, -0.15) is 11.8 Å². The molecule has 0 aliphatic heterocycles. The van der Waals surface area contributed by atoms with E-state index in [4.69, 9.17) is 5.11 Å². The summed E-state index contributed by atoms with van der Waals surface area (Å²) in [6.07, 6.45) is 3.46. The molecule has 2 heteroatoms. The Morgan fingerprint density at radius 2 is 1.91 bits per heavy atom. The maximum atomic E-state index is 8.50. The van der Waals surface area contributed by atoms with E-state index in [1.807, 2.05) is 11.8 Å². The molecule has 1 nitrogen and oxygen atoms in total. The molecule has 0 saturated heterocycles. The number of aliphatic hydroxyl groups excluding tert-OH is 1. The number of hydrogen-bond acceptors (Lipinski definition) is 2. The van der Waals surface area contributed by atoms with Crippen LogP contribution in [0.3, 0.4) is 0 Å². The standard InChI is InChI=1S/C9H20OS/c1-9(2)5-8-11-7-4-3-6-10/h9-10H,3-8H2,1-2H3. The zero-order valence-corrected chi connectivity index (χ0v) is 8.49. The fourth-order valence-electron chi connectivity index (χ4n) is 0.737. The third kappa shape index (κ3) is 10.3. The van der Waals surface area contributed by atoms with Crippen LogP contribution in [0, 0.1) is 5.92 Å². The van der Waals surface area contributed by atoms with Crippen LogP contribution in [0.1, 0.15) is 33.1 Å². The molecule has 0 saturated carbocycles. The topological polar surface area (TPSA) is 20.2 Å². The molecule has 0 rings (SSSR count). The van der Waals surface area contributed by atoms with E-state index >= 15 is 0 Å². The van der Waals surface area contributed by atoms with Gasteiger partial charge in [0.05, 0.1) is 0 Å². The lowest BCUT2D eigenvalue weighted by molar-refractivity contribution is 0.287. The Kier molecular flexibility index (Phi) is 8.64. The quantitative estimate of drug-likeness (QED) is 0.602. The van der Waals surface area contributed by atoms with E-state index in [0.717, 1.165) is 12.3 Å².